The molecule has 16 atom stereocenters. The number of nitrogens with one attached hydrogen (secondary N) is 4. The van der Waals surface area contributed by atoms with Gasteiger partial charge in [0.05, 0.1) is 26.4 Å². The minimum atomic E-state index is -1.98. The van der Waals surface area contributed by atoms with Gasteiger partial charge < -0.3 is 95.6 Å². The van der Waals surface area contributed by atoms with Gasteiger partial charge in [-0.15, -0.1) is 0 Å². The van der Waals surface area contributed by atoms with Gasteiger partial charge in [-0.05, 0) is 19.3 Å². The molecule has 81 heavy (non-hydrogen) atoms. The monoisotopic (exact) mass is 1160 g/mol. The Morgan fingerprint density at radius 2 is 0.889 bits per heavy atom. The molecule has 3 aliphatic rings. The molecule has 0 aromatic rings. The third-order valence-electron chi connectivity index (χ3n) is 15.5. The number of carbonyl (C=O) groups excluding carboxylic acids is 4. The number of carbonyl (C=O) groups is 4. The van der Waals surface area contributed by atoms with Gasteiger partial charge in [-0.2, -0.15) is 0 Å². The average molecular weight is 1170 g/mol. The predicted octanol–water partition coefficient (Wildman–Crippen LogP) is 2.67. The molecule has 13 N–H and O–H groups in total. The van der Waals surface area contributed by atoms with Crippen LogP contribution in [0.1, 0.15) is 207 Å². The van der Waals surface area contributed by atoms with Gasteiger partial charge in [0.1, 0.15) is 79.2 Å². The Morgan fingerprint density at radius 1 is 0.457 bits per heavy atom. The van der Waals surface area contributed by atoms with E-state index in [0.717, 1.165) is 44.9 Å². The molecule has 0 bridgehead atoms. The molecule has 0 spiro atoms. The fraction of sp³-hybridized carbons (Fsp3) is 0.931. The van der Waals surface area contributed by atoms with E-state index in [9.17, 15) is 65.1 Å². The first-order valence-electron chi connectivity index (χ1n) is 31.0. The van der Waals surface area contributed by atoms with Gasteiger partial charge >= 0.3 is 0 Å². The van der Waals surface area contributed by atoms with E-state index in [1.165, 1.54) is 122 Å². The maximum atomic E-state index is 13.6. The number of unbranched alkanes of at least 4 members (excludes halogenated alkanes) is 24. The van der Waals surface area contributed by atoms with Crippen LogP contribution in [-0.2, 0) is 47.6 Å². The molecule has 0 radical (unpaired) electrons. The number of rotatable bonds is 45. The van der Waals surface area contributed by atoms with Crippen molar-refractivity contribution in [1.82, 2.24) is 21.3 Å². The lowest BCUT2D eigenvalue weighted by Gasteiger charge is -2.48. The lowest BCUT2D eigenvalue weighted by atomic mass is 9.95. The van der Waals surface area contributed by atoms with Gasteiger partial charge in [0.15, 0.2) is 18.9 Å². The molecule has 0 saturated carbocycles. The summed E-state index contributed by atoms with van der Waals surface area (Å²) in [4.78, 5) is 52.2. The maximum absolute atomic E-state index is 13.6. The van der Waals surface area contributed by atoms with Gasteiger partial charge in [0.25, 0.3) is 0 Å². The SMILES string of the molecule is CCCCCCCCCCCCCCCC(=O)NC[C@H](NC(=O)CCCCCCCCCCCCCCC)C(=O)NCCCO[C@@H]1O[C@H](CO)[C@@H](O[C@@H]2O[C@H](CO)[C@H](O)[C@H](O[C@H]3O[C@H](CO)[C@H](O)[C@H](O)[C@H]3O)[C@H]2O)[C@H](O)[C@H]1NC(C)=O. The zero-order valence-electron chi connectivity index (χ0n) is 49.1. The molecule has 0 unspecified atom stereocenters. The smallest absolute Gasteiger partial charge is 0.244 e. The molecule has 4 amide bonds. The van der Waals surface area contributed by atoms with E-state index in [0.29, 0.717) is 12.8 Å². The lowest BCUT2D eigenvalue weighted by Crippen LogP contribution is -2.68. The Balaban J connectivity index is 1.54. The first kappa shape index (κ1) is 72.5. The second-order valence-corrected chi connectivity index (χ2v) is 22.5. The molecule has 3 saturated heterocycles. The van der Waals surface area contributed by atoms with Crippen molar-refractivity contribution in [3.63, 3.8) is 0 Å². The molecular weight excluding hydrogens is 1060 g/mol. The van der Waals surface area contributed by atoms with Gasteiger partial charge in [-0.1, -0.05) is 168 Å². The Morgan fingerprint density at radius 3 is 1.37 bits per heavy atom. The Hall–Kier alpha value is -2.72. The highest BCUT2D eigenvalue weighted by atomic mass is 16.8. The van der Waals surface area contributed by atoms with Crippen molar-refractivity contribution in [3.8, 4) is 0 Å². The summed E-state index contributed by atoms with van der Waals surface area (Å²) in [5.41, 5.74) is 0. The minimum Gasteiger partial charge on any atom is -0.394 e. The molecule has 23 heteroatoms. The van der Waals surface area contributed by atoms with Crippen LogP contribution < -0.4 is 21.3 Å². The van der Waals surface area contributed by atoms with Gasteiger partial charge in [-0.25, -0.2) is 0 Å². The quantitative estimate of drug-likeness (QED) is 0.0390. The average Bonchev–Trinajstić information content (AvgIpc) is 3.58. The van der Waals surface area contributed by atoms with Crippen LogP contribution in [0.3, 0.4) is 0 Å². The number of ether oxygens (including phenoxy) is 6. The third-order valence-corrected chi connectivity index (χ3v) is 15.5. The first-order valence-corrected chi connectivity index (χ1v) is 31.0. The number of hydrogen-bond donors (Lipinski definition) is 13. The fourth-order valence-electron chi connectivity index (χ4n) is 10.6. The summed E-state index contributed by atoms with van der Waals surface area (Å²) in [5, 5.41) is 106. The van der Waals surface area contributed by atoms with Crippen molar-refractivity contribution in [2.24, 2.45) is 0 Å². The van der Waals surface area contributed by atoms with Crippen LogP contribution in [0, 0.1) is 0 Å². The largest absolute Gasteiger partial charge is 0.394 e. The van der Waals surface area contributed by atoms with Crippen LogP contribution in [0.5, 0.6) is 0 Å². The highest BCUT2D eigenvalue weighted by Crippen LogP contribution is 2.33. The van der Waals surface area contributed by atoms with Crippen molar-refractivity contribution in [2.75, 3.05) is 39.5 Å². The molecule has 3 aliphatic heterocycles. The Kier molecular flexibility index (Phi) is 38.5. The van der Waals surface area contributed by atoms with Crippen LogP contribution in [0.15, 0.2) is 0 Å². The summed E-state index contributed by atoms with van der Waals surface area (Å²) in [7, 11) is 0. The summed E-state index contributed by atoms with van der Waals surface area (Å²) in [6.07, 6.45) is 7.57. The van der Waals surface area contributed by atoms with Crippen molar-refractivity contribution in [2.45, 2.75) is 305 Å². The van der Waals surface area contributed by atoms with E-state index in [-0.39, 0.29) is 44.4 Å². The molecule has 3 fully saturated rings. The standard InChI is InChI=1S/C58H108N4O19/c1-4-6-8-10-12-14-16-18-20-22-24-26-28-31-44(67)60-35-40(62-45(68)32-29-27-25-23-21-19-17-15-13-11-9-7-5-2)55(75)59-33-30-34-76-56-46(61-39(3)66)49(71)53(43(38-65)79-56)80-58-52(74)54(48(70)42(37-64)78-58)81-57-51(73)50(72)47(69)41(36-63)77-57/h40-43,46-54,56-58,63-65,69-74H,4-38H2,1-3H3,(H,59,75)(H,60,67)(H,61,66)(H,62,68)/t40-,41+,42+,43+,46+,47-,48-,49+,50-,51+,52+,53+,54-,56+,57+,58-/m0/s1. The van der Waals surface area contributed by atoms with Crippen molar-refractivity contribution < 1.29 is 93.6 Å². The second kappa shape index (κ2) is 43.0. The molecule has 23 nitrogen and oxygen atoms in total. The minimum absolute atomic E-state index is 0.0490. The highest BCUT2D eigenvalue weighted by molar-refractivity contribution is 5.88. The van der Waals surface area contributed by atoms with Crippen molar-refractivity contribution in [1.29, 1.82) is 0 Å². The van der Waals surface area contributed by atoms with Crippen LogP contribution >= 0.6 is 0 Å². The van der Waals surface area contributed by atoms with Gasteiger partial charge in [0.2, 0.25) is 23.6 Å². The molecule has 3 heterocycles. The van der Waals surface area contributed by atoms with Crippen molar-refractivity contribution >= 4 is 23.6 Å². The summed E-state index contributed by atoms with van der Waals surface area (Å²) in [6.45, 7) is 3.02. The summed E-state index contributed by atoms with van der Waals surface area (Å²) >= 11 is 0. The second-order valence-electron chi connectivity index (χ2n) is 22.5. The molecule has 3 rings (SSSR count). The van der Waals surface area contributed by atoms with Crippen LogP contribution in [0.25, 0.3) is 0 Å². The van der Waals surface area contributed by atoms with Crippen LogP contribution in [0.4, 0.5) is 0 Å². The van der Waals surface area contributed by atoms with E-state index >= 15 is 0 Å². The summed E-state index contributed by atoms with van der Waals surface area (Å²) in [6, 6.07) is -2.40. The van der Waals surface area contributed by atoms with Gasteiger partial charge in [0, 0.05) is 32.9 Å². The van der Waals surface area contributed by atoms with Crippen LogP contribution in [-0.4, -0.2) is 207 Å². The number of aliphatic hydroxyl groups excluding tert-OH is 9. The molecule has 0 aliphatic carbocycles. The molecule has 474 valence electrons. The summed E-state index contributed by atoms with van der Waals surface area (Å²) in [5.74, 6) is -1.62. The number of amides is 4. The third kappa shape index (κ3) is 27.5. The Labute approximate surface area is 481 Å². The number of aliphatic hydroxyl groups is 9. The Bertz CT molecular complexity index is 1670. The summed E-state index contributed by atoms with van der Waals surface area (Å²) < 4.78 is 34.5. The molecule has 0 aromatic heterocycles. The number of hydrogen-bond acceptors (Lipinski definition) is 19. The van der Waals surface area contributed by atoms with E-state index in [2.05, 4.69) is 35.1 Å². The zero-order chi connectivity index (χ0) is 59.4. The molecule has 0 aromatic carbocycles. The van der Waals surface area contributed by atoms with E-state index in [4.69, 9.17) is 28.4 Å². The van der Waals surface area contributed by atoms with E-state index < -0.39 is 130 Å². The fourth-order valence-corrected chi connectivity index (χ4v) is 10.6. The first-order chi connectivity index (χ1) is 39.1. The zero-order valence-corrected chi connectivity index (χ0v) is 49.1. The predicted molar refractivity (Wildman–Crippen MR) is 300 cm³/mol. The van der Waals surface area contributed by atoms with E-state index in [1.54, 1.807) is 0 Å². The maximum Gasteiger partial charge on any atom is 0.244 e. The molecular formula is C58H108N4O19. The highest BCUT2D eigenvalue weighted by Gasteiger charge is 2.54. The van der Waals surface area contributed by atoms with Gasteiger partial charge in [-0.3, -0.25) is 19.2 Å². The lowest BCUT2D eigenvalue weighted by molar-refractivity contribution is -0.376. The van der Waals surface area contributed by atoms with Crippen LogP contribution in [0.2, 0.25) is 0 Å². The topological polar surface area (TPSA) is 354 Å². The van der Waals surface area contributed by atoms with Crippen molar-refractivity contribution in [3.05, 3.63) is 0 Å². The normalized spacial score (nSPS) is 29.0. The van der Waals surface area contributed by atoms with E-state index in [1.807, 2.05) is 0 Å².